The summed E-state index contributed by atoms with van der Waals surface area (Å²) < 4.78 is 1.66. The van der Waals surface area contributed by atoms with E-state index in [0.717, 1.165) is 5.03 Å². The molecule has 0 saturated heterocycles. The van der Waals surface area contributed by atoms with E-state index in [1.165, 1.54) is 11.8 Å². The van der Waals surface area contributed by atoms with Crippen LogP contribution in [0.25, 0.3) is 0 Å². The van der Waals surface area contributed by atoms with E-state index in [-0.39, 0.29) is 24.0 Å². The second-order valence-electron chi connectivity index (χ2n) is 2.32. The molecule has 1 N–H and O–H groups in total. The van der Waals surface area contributed by atoms with Crippen molar-refractivity contribution in [2.24, 2.45) is 7.05 Å². The second kappa shape index (κ2) is 5.43. The standard InChI is InChI=1S/C8H9NO2S.HI/c1-9-6(8(10)11)4-3-5-7(9)12-2;/h3-5H,1-2H3;1H. The van der Waals surface area contributed by atoms with Crippen molar-refractivity contribution in [2.45, 2.75) is 5.03 Å². The SMILES string of the molecule is CSc1cccc(C(=O)O)[n+]1C.[I-]. The molecule has 0 aliphatic rings. The minimum Gasteiger partial charge on any atom is -1.00 e. The first-order valence-corrected chi connectivity index (χ1v) is 4.65. The number of aromatic carboxylic acids is 1. The van der Waals surface area contributed by atoms with Gasteiger partial charge in [-0.3, -0.25) is 0 Å². The van der Waals surface area contributed by atoms with Gasteiger partial charge in [0.2, 0.25) is 5.03 Å². The molecule has 0 aliphatic heterocycles. The Labute approximate surface area is 98.2 Å². The molecule has 1 aromatic rings. The fraction of sp³-hybridized carbons (Fsp3) is 0.250. The van der Waals surface area contributed by atoms with Crippen LogP contribution in [0.5, 0.6) is 0 Å². The Morgan fingerprint density at radius 3 is 2.62 bits per heavy atom. The van der Waals surface area contributed by atoms with Crippen molar-refractivity contribution >= 4 is 17.7 Å². The summed E-state index contributed by atoms with van der Waals surface area (Å²) in [6.45, 7) is 0. The number of hydrogen-bond donors (Lipinski definition) is 1. The molecular formula is C8H10INO2S. The van der Waals surface area contributed by atoms with Crippen LogP contribution in [-0.2, 0) is 7.05 Å². The predicted octanol–water partition coefficient (Wildman–Crippen LogP) is -2.06. The molecule has 0 aromatic carbocycles. The quantitative estimate of drug-likeness (QED) is 0.388. The number of pyridine rings is 1. The highest BCUT2D eigenvalue weighted by Crippen LogP contribution is 2.08. The Morgan fingerprint density at radius 2 is 2.15 bits per heavy atom. The summed E-state index contributed by atoms with van der Waals surface area (Å²) in [5, 5.41) is 9.70. The van der Waals surface area contributed by atoms with Crippen LogP contribution in [0.15, 0.2) is 23.2 Å². The fourth-order valence-corrected chi connectivity index (χ4v) is 1.57. The zero-order chi connectivity index (χ0) is 9.14. The summed E-state index contributed by atoms with van der Waals surface area (Å²) >= 11 is 1.53. The molecule has 72 valence electrons. The lowest BCUT2D eigenvalue weighted by atomic mass is 10.3. The summed E-state index contributed by atoms with van der Waals surface area (Å²) in [7, 11) is 1.75. The van der Waals surface area contributed by atoms with Crippen LogP contribution in [0.2, 0.25) is 0 Å². The van der Waals surface area contributed by atoms with Gasteiger partial charge >= 0.3 is 5.97 Å². The van der Waals surface area contributed by atoms with Crippen molar-refractivity contribution in [1.82, 2.24) is 0 Å². The van der Waals surface area contributed by atoms with Gasteiger partial charge in [-0.2, -0.15) is 4.57 Å². The third-order valence-corrected chi connectivity index (χ3v) is 2.44. The molecule has 13 heavy (non-hydrogen) atoms. The van der Waals surface area contributed by atoms with Gasteiger partial charge in [0.05, 0.1) is 0 Å². The van der Waals surface area contributed by atoms with E-state index in [1.807, 2.05) is 12.3 Å². The molecule has 0 spiro atoms. The van der Waals surface area contributed by atoms with Gasteiger partial charge in [0, 0.05) is 12.1 Å². The number of nitrogens with zero attached hydrogens (tertiary/aromatic N) is 1. The fourth-order valence-electron chi connectivity index (χ4n) is 0.984. The van der Waals surface area contributed by atoms with Crippen molar-refractivity contribution in [2.75, 3.05) is 6.26 Å². The lowest BCUT2D eigenvalue weighted by molar-refractivity contribution is -0.711. The van der Waals surface area contributed by atoms with Crippen molar-refractivity contribution in [3.05, 3.63) is 23.9 Å². The first-order valence-electron chi connectivity index (χ1n) is 3.43. The number of carboxylic acids is 1. The summed E-state index contributed by atoms with van der Waals surface area (Å²) in [5.41, 5.74) is 0.307. The van der Waals surface area contributed by atoms with Crippen LogP contribution in [0.1, 0.15) is 10.5 Å². The molecule has 3 nitrogen and oxygen atoms in total. The molecule has 0 saturated carbocycles. The molecule has 1 rings (SSSR count). The van der Waals surface area contributed by atoms with E-state index in [1.54, 1.807) is 23.7 Å². The van der Waals surface area contributed by atoms with Crippen molar-refractivity contribution < 1.29 is 38.4 Å². The van der Waals surface area contributed by atoms with Crippen molar-refractivity contribution in [3.8, 4) is 0 Å². The number of carbonyl (C=O) groups is 1. The number of carboxylic acid groups (broad SMARTS) is 1. The molecule has 0 fully saturated rings. The van der Waals surface area contributed by atoms with E-state index < -0.39 is 5.97 Å². The zero-order valence-electron chi connectivity index (χ0n) is 7.32. The third-order valence-electron chi connectivity index (χ3n) is 1.61. The van der Waals surface area contributed by atoms with Gasteiger partial charge in [-0.15, -0.1) is 0 Å². The highest BCUT2D eigenvalue weighted by Gasteiger charge is 2.17. The van der Waals surface area contributed by atoms with Crippen LogP contribution in [-0.4, -0.2) is 17.3 Å². The molecule has 0 unspecified atom stereocenters. The van der Waals surface area contributed by atoms with Crippen molar-refractivity contribution in [1.29, 1.82) is 0 Å². The summed E-state index contributed by atoms with van der Waals surface area (Å²) in [6, 6.07) is 5.22. The number of halogens is 1. The van der Waals surface area contributed by atoms with Gasteiger partial charge in [0.25, 0.3) is 5.69 Å². The van der Waals surface area contributed by atoms with Gasteiger partial charge < -0.3 is 29.1 Å². The molecule has 0 atom stereocenters. The highest BCUT2D eigenvalue weighted by atomic mass is 127. The average Bonchev–Trinajstić information content (AvgIpc) is 2.04. The van der Waals surface area contributed by atoms with E-state index in [2.05, 4.69) is 0 Å². The van der Waals surface area contributed by atoms with Crippen molar-refractivity contribution in [3.63, 3.8) is 0 Å². The third kappa shape index (κ3) is 2.84. The number of aromatic nitrogens is 1. The molecule has 1 heterocycles. The maximum Gasteiger partial charge on any atom is 0.401 e. The van der Waals surface area contributed by atoms with Crippen LogP contribution in [0.4, 0.5) is 0 Å². The van der Waals surface area contributed by atoms with Gasteiger partial charge in [0.15, 0.2) is 0 Å². The predicted molar refractivity (Wildman–Crippen MR) is 46.4 cm³/mol. The Morgan fingerprint density at radius 1 is 1.54 bits per heavy atom. The summed E-state index contributed by atoms with van der Waals surface area (Å²) in [4.78, 5) is 10.7. The van der Waals surface area contributed by atoms with Crippen LogP contribution in [0.3, 0.4) is 0 Å². The number of hydrogen-bond acceptors (Lipinski definition) is 2. The number of rotatable bonds is 2. The molecule has 0 bridgehead atoms. The topological polar surface area (TPSA) is 41.2 Å². The van der Waals surface area contributed by atoms with Crippen LogP contribution in [0, 0.1) is 0 Å². The van der Waals surface area contributed by atoms with E-state index >= 15 is 0 Å². The number of thioether (sulfide) groups is 1. The molecule has 0 aliphatic carbocycles. The average molecular weight is 311 g/mol. The smallest absolute Gasteiger partial charge is 0.401 e. The van der Waals surface area contributed by atoms with Gasteiger partial charge in [-0.05, 0) is 12.3 Å². The first kappa shape index (κ1) is 12.7. The molecular weight excluding hydrogens is 301 g/mol. The Kier molecular flexibility index (Phi) is 5.31. The van der Waals surface area contributed by atoms with Crippen LogP contribution < -0.4 is 28.5 Å². The lowest BCUT2D eigenvalue weighted by Gasteiger charge is -1.97. The normalized spacial score (nSPS) is 9.08. The summed E-state index contributed by atoms with van der Waals surface area (Å²) in [5.74, 6) is -0.895. The Hall–Kier alpha value is -0.300. The maximum absolute atomic E-state index is 10.7. The monoisotopic (exact) mass is 311 g/mol. The molecule has 0 amide bonds. The lowest BCUT2D eigenvalue weighted by Crippen LogP contribution is -3.00. The molecule has 5 heteroatoms. The van der Waals surface area contributed by atoms with E-state index in [9.17, 15) is 4.79 Å². The maximum atomic E-state index is 10.7. The first-order chi connectivity index (χ1) is 5.66. The molecule has 1 aromatic heterocycles. The van der Waals surface area contributed by atoms with Crippen LogP contribution >= 0.6 is 11.8 Å². The second-order valence-corrected chi connectivity index (χ2v) is 3.14. The zero-order valence-corrected chi connectivity index (χ0v) is 10.3. The van der Waals surface area contributed by atoms with E-state index in [0.29, 0.717) is 5.69 Å². The Bertz CT molecular complexity index is 317. The minimum absolute atomic E-state index is 0. The minimum atomic E-state index is -0.895. The van der Waals surface area contributed by atoms with Gasteiger partial charge in [-0.1, -0.05) is 11.8 Å². The molecule has 0 radical (unpaired) electrons. The van der Waals surface area contributed by atoms with Gasteiger partial charge in [0.1, 0.15) is 7.05 Å². The largest absolute Gasteiger partial charge is 1.00 e. The highest BCUT2D eigenvalue weighted by molar-refractivity contribution is 7.98. The Balaban J connectivity index is 0.00000144. The van der Waals surface area contributed by atoms with E-state index in [4.69, 9.17) is 5.11 Å². The summed E-state index contributed by atoms with van der Waals surface area (Å²) in [6.07, 6.45) is 1.92. The van der Waals surface area contributed by atoms with Gasteiger partial charge in [-0.25, -0.2) is 4.79 Å².